The Morgan fingerprint density at radius 3 is 2.65 bits per heavy atom. The Labute approximate surface area is 181 Å². The molecule has 0 spiro atoms. The first-order chi connectivity index (χ1) is 15.0. The van der Waals surface area contributed by atoms with Crippen molar-refractivity contribution in [3.8, 4) is 11.3 Å². The smallest absolute Gasteiger partial charge is 0.283 e. The molecule has 0 radical (unpaired) electrons. The number of amides is 1. The van der Waals surface area contributed by atoms with Gasteiger partial charge in [-0.3, -0.25) is 10.2 Å². The van der Waals surface area contributed by atoms with E-state index in [0.29, 0.717) is 27.3 Å². The molecule has 8 heteroatoms. The summed E-state index contributed by atoms with van der Waals surface area (Å²) in [5, 5.41) is 15.4. The first-order valence-corrected chi connectivity index (χ1v) is 10.2. The van der Waals surface area contributed by atoms with Gasteiger partial charge < -0.3 is 4.42 Å². The van der Waals surface area contributed by atoms with E-state index in [4.69, 9.17) is 9.83 Å². The number of aryl methyl sites for hydroxylation is 1. The molecule has 2 aliphatic heterocycles. The first kappa shape index (κ1) is 19.2. The Bertz CT molecular complexity index is 1320. The zero-order valence-electron chi connectivity index (χ0n) is 16.3. The molecule has 0 bridgehead atoms. The van der Waals surface area contributed by atoms with Crippen LogP contribution in [0.4, 0.5) is 4.39 Å². The highest BCUT2D eigenvalue weighted by molar-refractivity contribution is 8.27. The molecule has 3 aromatic rings. The normalized spacial score (nSPS) is 17.1. The second kappa shape index (κ2) is 7.48. The number of halogens is 1. The maximum Gasteiger partial charge on any atom is 0.283 e. The summed E-state index contributed by atoms with van der Waals surface area (Å²) in [5.74, 6) is 0.000600. The number of furan rings is 1. The fourth-order valence-electron chi connectivity index (χ4n) is 3.26. The molecule has 152 valence electrons. The summed E-state index contributed by atoms with van der Waals surface area (Å²) >= 11 is 1.26. The molecule has 0 aliphatic carbocycles. The second-order valence-electron chi connectivity index (χ2n) is 6.95. The Kier molecular flexibility index (Phi) is 4.63. The maximum atomic E-state index is 13.1. The van der Waals surface area contributed by atoms with Crippen molar-refractivity contribution >= 4 is 39.8 Å². The molecule has 5 rings (SSSR count). The van der Waals surface area contributed by atoms with Gasteiger partial charge in [-0.05, 0) is 66.7 Å². The number of fused-ring (bicyclic) bond motifs is 1. The Morgan fingerprint density at radius 1 is 1.10 bits per heavy atom. The van der Waals surface area contributed by atoms with Gasteiger partial charge in [0.15, 0.2) is 5.84 Å². The molecule has 0 fully saturated rings. The van der Waals surface area contributed by atoms with Gasteiger partial charge in [0.05, 0.1) is 5.57 Å². The molecule has 0 unspecified atom stereocenters. The highest BCUT2D eigenvalue weighted by Crippen LogP contribution is 2.32. The van der Waals surface area contributed by atoms with Crippen LogP contribution in [-0.4, -0.2) is 27.0 Å². The first-order valence-electron chi connectivity index (χ1n) is 9.41. The summed E-state index contributed by atoms with van der Waals surface area (Å²) in [5.41, 5.74) is 2.77. The van der Waals surface area contributed by atoms with Crippen LogP contribution in [0.3, 0.4) is 0 Å². The lowest BCUT2D eigenvalue weighted by molar-refractivity contribution is -0.114. The third-order valence-electron chi connectivity index (χ3n) is 4.87. The molecule has 1 N–H and O–H groups in total. The molecule has 0 saturated heterocycles. The van der Waals surface area contributed by atoms with Crippen molar-refractivity contribution in [2.24, 2.45) is 10.1 Å². The Hall–Kier alpha value is -3.78. The number of benzene rings is 2. The van der Waals surface area contributed by atoms with Crippen LogP contribution in [0, 0.1) is 18.2 Å². The number of hydrazone groups is 1. The molecule has 0 atom stereocenters. The maximum absolute atomic E-state index is 13.1. The Balaban J connectivity index is 1.45. The SMILES string of the molecule is Cc1ccccc1C1=NN2C(=N)C(=Cc3ccc(-c4ccc(F)cc4)o3)C(=O)N=C2S1. The van der Waals surface area contributed by atoms with Crippen molar-refractivity contribution in [1.29, 1.82) is 5.41 Å². The van der Waals surface area contributed by atoms with Crippen molar-refractivity contribution < 1.29 is 13.6 Å². The number of amidine groups is 2. The van der Waals surface area contributed by atoms with Crippen LogP contribution < -0.4 is 0 Å². The molecular formula is C23H15FN4O2S. The minimum Gasteiger partial charge on any atom is -0.457 e. The van der Waals surface area contributed by atoms with E-state index in [9.17, 15) is 9.18 Å². The van der Waals surface area contributed by atoms with Gasteiger partial charge in [-0.2, -0.15) is 15.1 Å². The highest BCUT2D eigenvalue weighted by atomic mass is 32.2. The van der Waals surface area contributed by atoms with E-state index in [2.05, 4.69) is 10.1 Å². The summed E-state index contributed by atoms with van der Waals surface area (Å²) < 4.78 is 18.9. The molecule has 6 nitrogen and oxygen atoms in total. The van der Waals surface area contributed by atoms with Gasteiger partial charge in [0, 0.05) is 11.1 Å². The van der Waals surface area contributed by atoms with Gasteiger partial charge in [-0.25, -0.2) is 4.39 Å². The highest BCUT2D eigenvalue weighted by Gasteiger charge is 2.36. The van der Waals surface area contributed by atoms with E-state index in [-0.39, 0.29) is 17.2 Å². The number of thioether (sulfide) groups is 1. The van der Waals surface area contributed by atoms with Crippen LogP contribution in [0.2, 0.25) is 0 Å². The predicted molar refractivity (Wildman–Crippen MR) is 119 cm³/mol. The fourth-order valence-corrected chi connectivity index (χ4v) is 4.24. The quantitative estimate of drug-likeness (QED) is 0.589. The lowest BCUT2D eigenvalue weighted by atomic mass is 10.1. The van der Waals surface area contributed by atoms with E-state index in [1.54, 1.807) is 24.3 Å². The summed E-state index contributed by atoms with van der Waals surface area (Å²) in [6.07, 6.45) is 1.48. The van der Waals surface area contributed by atoms with Crippen molar-refractivity contribution in [3.05, 3.63) is 88.9 Å². The van der Waals surface area contributed by atoms with Crippen LogP contribution in [-0.2, 0) is 4.79 Å². The fraction of sp³-hybridized carbons (Fsp3) is 0.0435. The standard InChI is InChI=1S/C23H15FN4O2S/c1-13-4-2-3-5-17(13)22-27-28-20(25)18(21(29)26-23(28)31-22)12-16-10-11-19(30-16)14-6-8-15(24)9-7-14/h2-12,25H,1H3. The summed E-state index contributed by atoms with van der Waals surface area (Å²) in [7, 11) is 0. The number of nitrogens with zero attached hydrogens (tertiary/aromatic N) is 3. The van der Waals surface area contributed by atoms with Crippen molar-refractivity contribution in [2.45, 2.75) is 6.92 Å². The van der Waals surface area contributed by atoms with E-state index in [1.807, 2.05) is 31.2 Å². The largest absolute Gasteiger partial charge is 0.457 e. The Morgan fingerprint density at radius 2 is 1.87 bits per heavy atom. The molecule has 2 aromatic carbocycles. The number of carbonyl (C=O) groups is 1. The molecule has 1 amide bonds. The van der Waals surface area contributed by atoms with Gasteiger partial charge in [-0.15, -0.1) is 0 Å². The molecular weight excluding hydrogens is 415 g/mol. The van der Waals surface area contributed by atoms with E-state index >= 15 is 0 Å². The molecule has 1 aromatic heterocycles. The molecule has 0 saturated carbocycles. The minimum atomic E-state index is -0.523. The van der Waals surface area contributed by atoms with Gasteiger partial charge >= 0.3 is 0 Å². The average Bonchev–Trinajstić information content (AvgIpc) is 3.39. The number of aliphatic imine (C=N–C) groups is 1. The predicted octanol–water partition coefficient (Wildman–Crippen LogP) is 5.06. The summed E-state index contributed by atoms with van der Waals surface area (Å²) in [6, 6.07) is 17.1. The van der Waals surface area contributed by atoms with Crippen LogP contribution in [0.25, 0.3) is 17.4 Å². The molecule has 31 heavy (non-hydrogen) atoms. The average molecular weight is 430 g/mol. The minimum absolute atomic E-state index is 0.0641. The van der Waals surface area contributed by atoms with Gasteiger partial charge in [0.2, 0.25) is 5.17 Å². The summed E-state index contributed by atoms with van der Waals surface area (Å²) in [6.45, 7) is 1.98. The zero-order chi connectivity index (χ0) is 21.5. The van der Waals surface area contributed by atoms with Crippen molar-refractivity contribution in [1.82, 2.24) is 5.01 Å². The lowest BCUT2D eigenvalue weighted by Gasteiger charge is -2.19. The molecule has 2 aliphatic rings. The van der Waals surface area contributed by atoms with Crippen molar-refractivity contribution in [2.75, 3.05) is 0 Å². The number of carbonyl (C=O) groups excluding carboxylic acids is 1. The second-order valence-corrected chi connectivity index (χ2v) is 7.90. The zero-order valence-corrected chi connectivity index (χ0v) is 17.1. The van der Waals surface area contributed by atoms with E-state index in [0.717, 1.165) is 11.1 Å². The third kappa shape index (κ3) is 3.51. The van der Waals surface area contributed by atoms with Crippen molar-refractivity contribution in [3.63, 3.8) is 0 Å². The van der Waals surface area contributed by atoms with Crippen LogP contribution in [0.15, 0.2) is 80.7 Å². The topological polar surface area (TPSA) is 82.0 Å². The monoisotopic (exact) mass is 430 g/mol. The third-order valence-corrected chi connectivity index (χ3v) is 5.81. The van der Waals surface area contributed by atoms with E-state index in [1.165, 1.54) is 35.0 Å². The number of rotatable bonds is 3. The van der Waals surface area contributed by atoms with Gasteiger partial charge in [0.25, 0.3) is 5.91 Å². The van der Waals surface area contributed by atoms with Crippen LogP contribution in [0.1, 0.15) is 16.9 Å². The lowest BCUT2D eigenvalue weighted by Crippen LogP contribution is -2.35. The van der Waals surface area contributed by atoms with Gasteiger partial charge in [0.1, 0.15) is 22.4 Å². The van der Waals surface area contributed by atoms with Crippen LogP contribution >= 0.6 is 11.8 Å². The molecule has 3 heterocycles. The number of nitrogens with one attached hydrogen (secondary N) is 1. The number of hydrogen-bond acceptors (Lipinski definition) is 5. The van der Waals surface area contributed by atoms with Gasteiger partial charge in [-0.1, -0.05) is 24.3 Å². The summed E-state index contributed by atoms with van der Waals surface area (Å²) in [4.78, 5) is 16.7. The van der Waals surface area contributed by atoms with E-state index < -0.39 is 5.91 Å². The number of hydrogen-bond donors (Lipinski definition) is 1. The van der Waals surface area contributed by atoms with Crippen LogP contribution in [0.5, 0.6) is 0 Å².